The zero-order valence-corrected chi connectivity index (χ0v) is 16.4. The highest BCUT2D eigenvalue weighted by molar-refractivity contribution is 6.35. The number of pyridine rings is 1. The van der Waals surface area contributed by atoms with Gasteiger partial charge in [-0.05, 0) is 24.3 Å². The molecule has 0 fully saturated rings. The van der Waals surface area contributed by atoms with Gasteiger partial charge in [0.15, 0.2) is 0 Å². The number of amides is 1. The lowest BCUT2D eigenvalue weighted by Gasteiger charge is -2.49. The number of carbonyl (C=O) groups is 1. The Balaban J connectivity index is 2.05. The second kappa shape index (κ2) is 5.77. The maximum atomic E-state index is 14.9. The Hall–Kier alpha value is -2.46. The number of para-hydroxylation sites is 1. The van der Waals surface area contributed by atoms with E-state index in [1.165, 1.54) is 17.0 Å². The van der Waals surface area contributed by atoms with E-state index in [0.717, 1.165) is 10.9 Å². The topological polar surface area (TPSA) is 33.2 Å². The first-order valence-corrected chi connectivity index (χ1v) is 9.22. The van der Waals surface area contributed by atoms with Crippen molar-refractivity contribution >= 4 is 39.8 Å². The predicted molar refractivity (Wildman–Crippen MR) is 107 cm³/mol. The summed E-state index contributed by atoms with van der Waals surface area (Å²) >= 11 is 6.48. The smallest absolute Gasteiger partial charge is 0.238 e. The van der Waals surface area contributed by atoms with Gasteiger partial charge >= 0.3 is 0 Å². The van der Waals surface area contributed by atoms with Crippen molar-refractivity contribution in [2.24, 2.45) is 5.41 Å². The minimum atomic E-state index is -0.836. The lowest BCUT2D eigenvalue weighted by atomic mass is 9.60. The van der Waals surface area contributed by atoms with Crippen molar-refractivity contribution in [3.63, 3.8) is 0 Å². The number of hydrogen-bond acceptors (Lipinski definition) is 2. The van der Waals surface area contributed by atoms with Crippen LogP contribution in [0.1, 0.15) is 33.3 Å². The van der Waals surface area contributed by atoms with Gasteiger partial charge in [0.1, 0.15) is 5.82 Å². The number of carbonyl (C=O) groups excluding carboxylic acids is 1. The molecule has 0 unspecified atom stereocenters. The van der Waals surface area contributed by atoms with Crippen molar-refractivity contribution in [1.82, 2.24) is 4.98 Å². The third-order valence-corrected chi connectivity index (χ3v) is 6.37. The van der Waals surface area contributed by atoms with Crippen molar-refractivity contribution in [2.75, 3.05) is 4.90 Å². The van der Waals surface area contributed by atoms with Crippen LogP contribution in [0.15, 0.2) is 48.7 Å². The number of nitrogens with zero attached hydrogens (tertiary/aromatic N) is 2. The summed E-state index contributed by atoms with van der Waals surface area (Å²) < 4.78 is 14.9. The maximum absolute atomic E-state index is 14.9. The summed E-state index contributed by atoms with van der Waals surface area (Å²) in [5, 5.41) is 1.25. The molecule has 138 valence electrons. The Kier molecular flexibility index (Phi) is 3.83. The average molecular weight is 383 g/mol. The van der Waals surface area contributed by atoms with Crippen LogP contribution >= 0.6 is 11.6 Å². The fourth-order valence-corrected chi connectivity index (χ4v) is 3.99. The number of aromatic nitrogens is 1. The molecular weight excluding hydrogens is 363 g/mol. The summed E-state index contributed by atoms with van der Waals surface area (Å²) in [4.78, 5) is 19.5. The molecule has 1 amide bonds. The van der Waals surface area contributed by atoms with E-state index in [1.807, 2.05) is 58.0 Å². The highest BCUT2D eigenvalue weighted by Crippen LogP contribution is 2.55. The molecule has 5 heteroatoms. The number of benzene rings is 2. The van der Waals surface area contributed by atoms with Crippen LogP contribution in [-0.2, 0) is 10.2 Å². The van der Waals surface area contributed by atoms with Gasteiger partial charge in [0.25, 0.3) is 0 Å². The second-order valence-corrected chi connectivity index (χ2v) is 8.44. The van der Waals surface area contributed by atoms with Crippen LogP contribution in [-0.4, -0.2) is 10.9 Å². The lowest BCUT2D eigenvalue weighted by Crippen LogP contribution is -2.54. The Morgan fingerprint density at radius 3 is 2.48 bits per heavy atom. The van der Waals surface area contributed by atoms with Crippen LogP contribution < -0.4 is 4.90 Å². The first-order chi connectivity index (χ1) is 12.7. The quantitative estimate of drug-likeness (QED) is 0.516. The van der Waals surface area contributed by atoms with Crippen LogP contribution in [0.5, 0.6) is 0 Å². The first kappa shape index (κ1) is 17.9. The van der Waals surface area contributed by atoms with Gasteiger partial charge in [0.05, 0.1) is 33.5 Å². The fraction of sp³-hybridized carbons (Fsp3) is 0.273. The monoisotopic (exact) mass is 382 g/mol. The molecule has 0 spiro atoms. The van der Waals surface area contributed by atoms with E-state index >= 15 is 0 Å². The molecule has 0 saturated heterocycles. The third kappa shape index (κ3) is 2.39. The summed E-state index contributed by atoms with van der Waals surface area (Å²) in [5.41, 5.74) is 0.703. The molecule has 3 nitrogen and oxygen atoms in total. The second-order valence-electron chi connectivity index (χ2n) is 8.03. The van der Waals surface area contributed by atoms with Crippen LogP contribution in [0.2, 0.25) is 5.02 Å². The number of anilines is 2. The molecule has 0 aliphatic carbocycles. The van der Waals surface area contributed by atoms with Crippen LogP contribution in [0, 0.1) is 11.2 Å². The van der Waals surface area contributed by atoms with Gasteiger partial charge in [0.2, 0.25) is 5.91 Å². The Bertz CT molecular complexity index is 1090. The van der Waals surface area contributed by atoms with E-state index < -0.39 is 10.8 Å². The van der Waals surface area contributed by atoms with Crippen molar-refractivity contribution in [1.29, 1.82) is 0 Å². The molecule has 1 aliphatic rings. The lowest BCUT2D eigenvalue weighted by molar-refractivity contribution is -0.129. The maximum Gasteiger partial charge on any atom is 0.238 e. The molecule has 0 atom stereocenters. The molecule has 0 bridgehead atoms. The molecule has 3 aromatic rings. The molecule has 1 aliphatic heterocycles. The van der Waals surface area contributed by atoms with Gasteiger partial charge in [0, 0.05) is 16.4 Å². The average Bonchev–Trinajstić information content (AvgIpc) is 2.63. The number of halogens is 2. The Labute approximate surface area is 162 Å². The van der Waals surface area contributed by atoms with Crippen LogP contribution in [0.25, 0.3) is 10.9 Å². The molecule has 0 radical (unpaired) electrons. The summed E-state index contributed by atoms with van der Waals surface area (Å²) in [6.45, 7) is 7.47. The SMILES string of the molecule is CC1(C)C(=O)N(c2cnc3ccccc3c2)c2c(Cl)ccc(F)c2C1(C)C. The van der Waals surface area contributed by atoms with Crippen molar-refractivity contribution in [2.45, 2.75) is 33.1 Å². The highest BCUT2D eigenvalue weighted by Gasteiger charge is 2.54. The third-order valence-electron chi connectivity index (χ3n) is 6.06. The van der Waals surface area contributed by atoms with Gasteiger partial charge in [-0.3, -0.25) is 14.7 Å². The molecule has 4 rings (SSSR count). The van der Waals surface area contributed by atoms with Gasteiger partial charge in [-0.25, -0.2) is 4.39 Å². The molecule has 27 heavy (non-hydrogen) atoms. The normalized spacial score (nSPS) is 17.9. The Morgan fingerprint density at radius 1 is 1.04 bits per heavy atom. The molecule has 2 heterocycles. The molecule has 0 N–H and O–H groups in total. The van der Waals surface area contributed by atoms with E-state index in [0.29, 0.717) is 22.0 Å². The fourth-order valence-electron chi connectivity index (χ4n) is 3.74. The van der Waals surface area contributed by atoms with E-state index in [-0.39, 0.29) is 11.7 Å². The van der Waals surface area contributed by atoms with Gasteiger partial charge in [-0.15, -0.1) is 0 Å². The first-order valence-electron chi connectivity index (χ1n) is 8.84. The molecular formula is C22H20ClFN2O. The summed E-state index contributed by atoms with van der Waals surface area (Å²) in [7, 11) is 0. The minimum absolute atomic E-state index is 0.135. The summed E-state index contributed by atoms with van der Waals surface area (Å²) in [6, 6.07) is 12.4. The van der Waals surface area contributed by atoms with E-state index in [9.17, 15) is 9.18 Å². The van der Waals surface area contributed by atoms with Crippen LogP contribution in [0.3, 0.4) is 0 Å². The number of rotatable bonds is 1. The summed E-state index contributed by atoms with van der Waals surface area (Å²) in [5.74, 6) is -0.497. The van der Waals surface area contributed by atoms with Gasteiger partial charge < -0.3 is 0 Å². The minimum Gasteiger partial charge on any atom is -0.277 e. The molecule has 2 aromatic carbocycles. The number of fused-ring (bicyclic) bond motifs is 2. The highest BCUT2D eigenvalue weighted by atomic mass is 35.5. The standard InChI is InChI=1S/C22H20ClFN2O/c1-21(2)18-16(24)10-9-15(23)19(18)26(20(27)22(21,3)4)14-11-13-7-5-6-8-17(13)25-12-14/h5-12H,1-4H3. The van der Waals surface area contributed by atoms with E-state index in [1.54, 1.807) is 6.20 Å². The van der Waals surface area contributed by atoms with Gasteiger partial charge in [-0.2, -0.15) is 0 Å². The van der Waals surface area contributed by atoms with Gasteiger partial charge in [-0.1, -0.05) is 57.5 Å². The molecule has 1 aromatic heterocycles. The van der Waals surface area contributed by atoms with E-state index in [2.05, 4.69) is 4.98 Å². The van der Waals surface area contributed by atoms with Crippen molar-refractivity contribution in [3.05, 3.63) is 65.1 Å². The number of hydrogen-bond donors (Lipinski definition) is 0. The zero-order chi connectivity index (χ0) is 19.6. The van der Waals surface area contributed by atoms with Crippen molar-refractivity contribution in [3.8, 4) is 0 Å². The summed E-state index contributed by atoms with van der Waals surface area (Å²) in [6.07, 6.45) is 1.64. The largest absolute Gasteiger partial charge is 0.277 e. The molecule has 0 saturated carbocycles. The predicted octanol–water partition coefficient (Wildman–Crippen LogP) is 6.01. The van der Waals surface area contributed by atoms with Crippen molar-refractivity contribution < 1.29 is 9.18 Å². The Morgan fingerprint density at radius 2 is 1.74 bits per heavy atom. The van der Waals surface area contributed by atoms with Crippen LogP contribution in [0.4, 0.5) is 15.8 Å². The zero-order valence-electron chi connectivity index (χ0n) is 15.7. The van der Waals surface area contributed by atoms with E-state index in [4.69, 9.17) is 11.6 Å².